The van der Waals surface area contributed by atoms with Crippen LogP contribution >= 0.6 is 11.6 Å². The molecule has 0 aromatic carbocycles. The summed E-state index contributed by atoms with van der Waals surface area (Å²) in [6, 6.07) is 1.40. The number of nitrogens with two attached hydrogens (primary N) is 2. The first-order valence-electron chi connectivity index (χ1n) is 5.35. The molecule has 8 nitrogen and oxygen atoms in total. The van der Waals surface area contributed by atoms with Gasteiger partial charge in [-0.1, -0.05) is 11.6 Å². The molecule has 1 atom stereocenters. The van der Waals surface area contributed by atoms with E-state index >= 15 is 0 Å². The largest absolute Gasteiger partial charge is 0.368 e. The molecule has 1 unspecified atom stereocenters. The molecule has 1 aromatic rings. The van der Waals surface area contributed by atoms with Gasteiger partial charge in [0.05, 0.1) is 5.75 Å². The van der Waals surface area contributed by atoms with Gasteiger partial charge in [-0.25, -0.2) is 18.5 Å². The van der Waals surface area contributed by atoms with E-state index in [0.717, 1.165) is 0 Å². The molecule has 1 aliphatic rings. The maximum atomic E-state index is 11.8. The van der Waals surface area contributed by atoms with Crippen molar-refractivity contribution in [3.63, 3.8) is 0 Å². The Morgan fingerprint density at radius 3 is 2.74 bits per heavy atom. The predicted molar refractivity (Wildman–Crippen MR) is 69.9 cm³/mol. The van der Waals surface area contributed by atoms with Gasteiger partial charge in [0.1, 0.15) is 11.0 Å². The number of carbonyl (C=O) groups excluding carboxylic acids is 1. The van der Waals surface area contributed by atoms with E-state index in [4.69, 9.17) is 22.5 Å². The molecule has 19 heavy (non-hydrogen) atoms. The van der Waals surface area contributed by atoms with Crippen molar-refractivity contribution in [1.29, 1.82) is 0 Å². The Hall–Kier alpha value is -1.45. The van der Waals surface area contributed by atoms with Crippen LogP contribution in [0.5, 0.6) is 0 Å². The molecule has 2 heterocycles. The predicted octanol–water partition coefficient (Wildman–Crippen LogP) is -0.646. The summed E-state index contributed by atoms with van der Waals surface area (Å²) < 4.78 is 22.1. The van der Waals surface area contributed by atoms with Crippen molar-refractivity contribution in [3.8, 4) is 0 Å². The van der Waals surface area contributed by atoms with Crippen molar-refractivity contribution < 1.29 is 13.2 Å². The van der Waals surface area contributed by atoms with Gasteiger partial charge in [0.25, 0.3) is 0 Å². The molecule has 1 aromatic heterocycles. The molecule has 1 fully saturated rings. The summed E-state index contributed by atoms with van der Waals surface area (Å²) in [5, 5.41) is 5.08. The lowest BCUT2D eigenvalue weighted by molar-refractivity contribution is -0.117. The number of halogens is 1. The lowest BCUT2D eigenvalue weighted by Crippen LogP contribution is -2.28. The van der Waals surface area contributed by atoms with Gasteiger partial charge in [-0.3, -0.25) is 9.69 Å². The average Bonchev–Trinajstić information content (AvgIpc) is 2.54. The molecule has 0 bridgehead atoms. The normalized spacial score (nSPS) is 20.0. The number of primary sulfonamides is 1. The number of nitrogens with zero attached hydrogens (tertiary/aromatic N) is 3. The maximum absolute atomic E-state index is 11.8. The monoisotopic (exact) mass is 305 g/mol. The Kier molecular flexibility index (Phi) is 3.61. The third kappa shape index (κ3) is 3.52. The highest BCUT2D eigenvalue weighted by molar-refractivity contribution is 7.89. The van der Waals surface area contributed by atoms with Crippen LogP contribution in [0.3, 0.4) is 0 Å². The summed E-state index contributed by atoms with van der Waals surface area (Å²) in [5.74, 6) is -0.645. The number of rotatable bonds is 3. The van der Waals surface area contributed by atoms with Crippen LogP contribution in [-0.2, 0) is 14.8 Å². The van der Waals surface area contributed by atoms with Crippen molar-refractivity contribution in [1.82, 2.24) is 9.97 Å². The summed E-state index contributed by atoms with van der Waals surface area (Å²) in [6.07, 6.45) is 0.0952. The van der Waals surface area contributed by atoms with Gasteiger partial charge in [0.2, 0.25) is 21.9 Å². The Bertz CT molecular complexity index is 600. The fourth-order valence-electron chi connectivity index (χ4n) is 2.00. The smallest absolute Gasteiger partial charge is 0.228 e. The second-order valence-corrected chi connectivity index (χ2v) is 6.36. The highest BCUT2D eigenvalue weighted by Crippen LogP contribution is 2.26. The molecule has 4 N–H and O–H groups in total. The lowest BCUT2D eigenvalue weighted by Gasteiger charge is -2.15. The minimum atomic E-state index is -3.62. The Morgan fingerprint density at radius 2 is 2.16 bits per heavy atom. The highest BCUT2D eigenvalue weighted by atomic mass is 35.5. The van der Waals surface area contributed by atoms with Gasteiger partial charge in [0.15, 0.2) is 0 Å². The van der Waals surface area contributed by atoms with Gasteiger partial charge in [-0.2, -0.15) is 4.98 Å². The third-order valence-corrected chi connectivity index (χ3v) is 3.78. The first-order valence-corrected chi connectivity index (χ1v) is 7.45. The molecule has 104 valence electrons. The number of hydrogen-bond acceptors (Lipinski definition) is 6. The van der Waals surface area contributed by atoms with E-state index in [1.54, 1.807) is 0 Å². The summed E-state index contributed by atoms with van der Waals surface area (Å²) in [7, 11) is -3.62. The van der Waals surface area contributed by atoms with E-state index in [0.29, 0.717) is 0 Å². The van der Waals surface area contributed by atoms with Crippen LogP contribution in [-0.4, -0.2) is 36.6 Å². The zero-order valence-corrected chi connectivity index (χ0v) is 11.4. The number of sulfonamides is 1. The third-order valence-electron chi connectivity index (χ3n) is 2.65. The number of nitrogen functional groups attached to an aromatic ring is 1. The molecule has 0 radical (unpaired) electrons. The minimum Gasteiger partial charge on any atom is -0.368 e. The van der Waals surface area contributed by atoms with E-state index in [1.807, 2.05) is 0 Å². The molecule has 1 amide bonds. The molecule has 0 aliphatic carbocycles. The van der Waals surface area contributed by atoms with E-state index in [2.05, 4.69) is 9.97 Å². The highest BCUT2D eigenvalue weighted by Gasteiger charge is 2.33. The van der Waals surface area contributed by atoms with Crippen molar-refractivity contribution in [3.05, 3.63) is 11.2 Å². The Balaban J connectivity index is 2.20. The van der Waals surface area contributed by atoms with E-state index < -0.39 is 10.0 Å². The first kappa shape index (κ1) is 14.0. The number of carbonyl (C=O) groups is 1. The Labute approximate surface area is 114 Å². The quantitative estimate of drug-likeness (QED) is 0.713. The molecule has 10 heteroatoms. The minimum absolute atomic E-state index is 0.0507. The van der Waals surface area contributed by atoms with Crippen molar-refractivity contribution in [2.45, 2.75) is 6.42 Å². The average molecular weight is 306 g/mol. The van der Waals surface area contributed by atoms with E-state index in [-0.39, 0.29) is 47.5 Å². The second-order valence-electron chi connectivity index (χ2n) is 4.31. The van der Waals surface area contributed by atoms with Gasteiger partial charge < -0.3 is 5.73 Å². The maximum Gasteiger partial charge on any atom is 0.228 e. The molecule has 0 spiro atoms. The fraction of sp³-hybridized carbons (Fsp3) is 0.444. The van der Waals surface area contributed by atoms with Crippen molar-refractivity contribution in [2.75, 3.05) is 22.9 Å². The number of hydrogen-bond donors (Lipinski definition) is 2. The molecular formula is C9H12ClN5O3S. The van der Waals surface area contributed by atoms with Crippen LogP contribution in [0, 0.1) is 5.92 Å². The number of aromatic nitrogens is 2. The zero-order chi connectivity index (χ0) is 14.2. The van der Waals surface area contributed by atoms with Crippen LogP contribution in [0.25, 0.3) is 0 Å². The van der Waals surface area contributed by atoms with Gasteiger partial charge in [-0.15, -0.1) is 0 Å². The van der Waals surface area contributed by atoms with Crippen LogP contribution in [0.4, 0.5) is 11.8 Å². The topological polar surface area (TPSA) is 132 Å². The van der Waals surface area contributed by atoms with Crippen LogP contribution in [0.2, 0.25) is 5.15 Å². The summed E-state index contributed by atoms with van der Waals surface area (Å²) in [5.41, 5.74) is 5.45. The molecular weight excluding hydrogens is 294 g/mol. The van der Waals surface area contributed by atoms with Crippen LogP contribution < -0.4 is 15.8 Å². The number of anilines is 2. The summed E-state index contributed by atoms with van der Waals surface area (Å²) >= 11 is 5.73. The summed E-state index contributed by atoms with van der Waals surface area (Å²) in [6.45, 7) is 0.210. The van der Waals surface area contributed by atoms with Crippen LogP contribution in [0.15, 0.2) is 6.07 Å². The van der Waals surface area contributed by atoms with Gasteiger partial charge in [-0.05, 0) is 0 Å². The number of amides is 1. The van der Waals surface area contributed by atoms with E-state index in [1.165, 1.54) is 11.0 Å². The molecule has 0 saturated carbocycles. The second kappa shape index (κ2) is 4.91. The molecule has 2 rings (SSSR count). The SMILES string of the molecule is Nc1nc(Cl)cc(N2CC(CS(N)(=O)=O)CC2=O)n1. The Morgan fingerprint density at radius 1 is 1.47 bits per heavy atom. The first-order chi connectivity index (χ1) is 8.74. The zero-order valence-electron chi connectivity index (χ0n) is 9.78. The van der Waals surface area contributed by atoms with Crippen molar-refractivity contribution >= 4 is 39.3 Å². The molecule has 1 aliphatic heterocycles. The lowest BCUT2D eigenvalue weighted by atomic mass is 10.1. The molecule has 1 saturated heterocycles. The van der Waals surface area contributed by atoms with E-state index in [9.17, 15) is 13.2 Å². The van der Waals surface area contributed by atoms with Gasteiger partial charge >= 0.3 is 0 Å². The van der Waals surface area contributed by atoms with Crippen molar-refractivity contribution in [2.24, 2.45) is 11.1 Å². The standard InChI is InChI=1S/C9H12ClN5O3S/c10-6-2-7(14-9(11)13-6)15-3-5(1-8(15)16)4-19(12,17)18/h2,5H,1,3-4H2,(H2,11,13,14)(H2,12,17,18). The van der Waals surface area contributed by atoms with Gasteiger partial charge in [0, 0.05) is 24.9 Å². The fourth-order valence-corrected chi connectivity index (χ4v) is 3.07. The van der Waals surface area contributed by atoms with Crippen LogP contribution in [0.1, 0.15) is 6.42 Å². The summed E-state index contributed by atoms with van der Waals surface area (Å²) in [4.78, 5) is 20.8.